The normalized spacial score (nSPS) is 21.1. The predicted octanol–water partition coefficient (Wildman–Crippen LogP) is 2.68. The van der Waals surface area contributed by atoms with Crippen LogP contribution < -0.4 is 5.73 Å². The molecule has 0 saturated carbocycles. The maximum Gasteiger partial charge on any atom is 0.201 e. The van der Waals surface area contributed by atoms with Gasteiger partial charge in [0.05, 0.1) is 16.1 Å². The number of imidazole rings is 1. The number of anilines is 1. The Labute approximate surface area is 116 Å². The van der Waals surface area contributed by atoms with E-state index in [-0.39, 0.29) is 11.1 Å². The van der Waals surface area contributed by atoms with E-state index in [1.807, 2.05) is 4.57 Å². The number of piperidine rings is 1. The molecule has 0 aliphatic carbocycles. The zero-order valence-corrected chi connectivity index (χ0v) is 11.5. The van der Waals surface area contributed by atoms with Gasteiger partial charge in [-0.3, -0.25) is 0 Å². The fourth-order valence-corrected chi connectivity index (χ4v) is 3.00. The molecule has 0 bridgehead atoms. The highest BCUT2D eigenvalue weighted by Crippen LogP contribution is 2.31. The molecule has 3 rings (SSSR count). The van der Waals surface area contributed by atoms with E-state index in [0.29, 0.717) is 11.5 Å². The van der Waals surface area contributed by atoms with Gasteiger partial charge in [-0.25, -0.2) is 9.37 Å². The third-order valence-corrected chi connectivity index (χ3v) is 4.01. The van der Waals surface area contributed by atoms with Crippen LogP contribution in [0.2, 0.25) is 5.02 Å². The number of likely N-dealkylation sites (tertiary alicyclic amines) is 1. The summed E-state index contributed by atoms with van der Waals surface area (Å²) < 4.78 is 15.4. The molecule has 2 N–H and O–H groups in total. The molecule has 6 heteroatoms. The maximum atomic E-state index is 13.5. The first-order valence-electron chi connectivity index (χ1n) is 6.37. The Balaban J connectivity index is 2.12. The van der Waals surface area contributed by atoms with Gasteiger partial charge in [-0.2, -0.15) is 0 Å². The van der Waals surface area contributed by atoms with E-state index >= 15 is 0 Å². The maximum absolute atomic E-state index is 13.5. The Bertz CT molecular complexity index is 625. The van der Waals surface area contributed by atoms with Crippen LogP contribution in [0.3, 0.4) is 0 Å². The summed E-state index contributed by atoms with van der Waals surface area (Å²) in [6, 6.07) is 3.23. The average molecular weight is 283 g/mol. The molecule has 0 spiro atoms. The van der Waals surface area contributed by atoms with E-state index in [1.54, 1.807) is 6.07 Å². The molecule has 1 aromatic heterocycles. The van der Waals surface area contributed by atoms with Crippen LogP contribution in [0.25, 0.3) is 11.0 Å². The number of hydrogen-bond donors (Lipinski definition) is 1. The lowest BCUT2D eigenvalue weighted by Crippen LogP contribution is -2.33. The first-order valence-corrected chi connectivity index (χ1v) is 6.75. The van der Waals surface area contributed by atoms with E-state index < -0.39 is 5.82 Å². The number of nitrogen functional groups attached to an aromatic ring is 1. The molecule has 1 aliphatic heterocycles. The molecule has 0 radical (unpaired) electrons. The topological polar surface area (TPSA) is 47.1 Å². The zero-order chi connectivity index (χ0) is 13.6. The lowest BCUT2D eigenvalue weighted by molar-refractivity contribution is 0.216. The molecule has 1 fully saturated rings. The minimum absolute atomic E-state index is 0.109. The van der Waals surface area contributed by atoms with Crippen molar-refractivity contribution < 1.29 is 4.39 Å². The number of fused-ring (bicyclic) bond motifs is 1. The highest BCUT2D eigenvalue weighted by Gasteiger charge is 2.23. The van der Waals surface area contributed by atoms with E-state index in [0.717, 1.165) is 31.4 Å². The van der Waals surface area contributed by atoms with Crippen LogP contribution in [0, 0.1) is 5.82 Å². The fraction of sp³-hybridized carbons (Fsp3) is 0.462. The van der Waals surface area contributed by atoms with Crippen molar-refractivity contribution in [3.8, 4) is 0 Å². The van der Waals surface area contributed by atoms with Crippen LogP contribution in [0.5, 0.6) is 0 Å². The fourth-order valence-electron chi connectivity index (χ4n) is 2.84. The molecule has 4 nitrogen and oxygen atoms in total. The highest BCUT2D eigenvalue weighted by molar-refractivity contribution is 6.31. The number of halogens is 2. The summed E-state index contributed by atoms with van der Waals surface area (Å²) >= 11 is 5.87. The van der Waals surface area contributed by atoms with Gasteiger partial charge in [-0.05, 0) is 32.5 Å². The Morgan fingerprint density at radius 2 is 2.26 bits per heavy atom. The summed E-state index contributed by atoms with van der Waals surface area (Å²) in [6.45, 7) is 2.02. The lowest BCUT2D eigenvalue weighted by atomic mass is 10.1. The first-order chi connectivity index (χ1) is 9.06. The Hall–Kier alpha value is -1.33. The van der Waals surface area contributed by atoms with Gasteiger partial charge in [-0.15, -0.1) is 0 Å². The quantitative estimate of drug-likeness (QED) is 0.875. The predicted molar refractivity (Wildman–Crippen MR) is 74.9 cm³/mol. The lowest BCUT2D eigenvalue weighted by Gasteiger charge is -2.31. The number of nitrogens with two attached hydrogens (primary N) is 1. The van der Waals surface area contributed by atoms with Gasteiger partial charge in [-0.1, -0.05) is 11.6 Å². The number of rotatable bonds is 1. The monoisotopic (exact) mass is 282 g/mol. The number of benzene rings is 1. The van der Waals surface area contributed by atoms with Crippen molar-refractivity contribution in [1.82, 2.24) is 14.5 Å². The van der Waals surface area contributed by atoms with Gasteiger partial charge in [0.1, 0.15) is 5.82 Å². The van der Waals surface area contributed by atoms with Gasteiger partial charge in [0, 0.05) is 18.7 Å². The van der Waals surface area contributed by atoms with Crippen molar-refractivity contribution in [3.05, 3.63) is 23.0 Å². The zero-order valence-electron chi connectivity index (χ0n) is 10.7. The van der Waals surface area contributed by atoms with Crippen LogP contribution in [-0.4, -0.2) is 34.6 Å². The summed E-state index contributed by atoms with van der Waals surface area (Å²) in [5, 5.41) is 0.109. The molecule has 19 heavy (non-hydrogen) atoms. The van der Waals surface area contributed by atoms with Gasteiger partial charge in [0.2, 0.25) is 5.95 Å². The van der Waals surface area contributed by atoms with Crippen molar-refractivity contribution in [2.75, 3.05) is 25.9 Å². The van der Waals surface area contributed by atoms with Crippen LogP contribution >= 0.6 is 11.6 Å². The van der Waals surface area contributed by atoms with Gasteiger partial charge in [0.15, 0.2) is 0 Å². The number of likely N-dealkylation sites (N-methyl/N-ethyl adjacent to an activating group) is 1. The van der Waals surface area contributed by atoms with Crippen molar-refractivity contribution >= 4 is 28.6 Å². The van der Waals surface area contributed by atoms with E-state index in [2.05, 4.69) is 16.9 Å². The first kappa shape index (κ1) is 12.7. The number of hydrogen-bond acceptors (Lipinski definition) is 3. The average Bonchev–Trinajstić information content (AvgIpc) is 2.65. The largest absolute Gasteiger partial charge is 0.369 e. The SMILES string of the molecule is CN1CCCC(n2c(N)nc3cc(F)c(Cl)cc32)C1. The minimum Gasteiger partial charge on any atom is -0.369 e. The van der Waals surface area contributed by atoms with E-state index in [1.165, 1.54) is 6.07 Å². The van der Waals surface area contributed by atoms with E-state index in [9.17, 15) is 4.39 Å². The molecular formula is C13H16ClFN4. The molecule has 1 atom stereocenters. The molecule has 1 unspecified atom stereocenters. The molecule has 102 valence electrons. The van der Waals surface area contributed by atoms with Crippen LogP contribution in [0.15, 0.2) is 12.1 Å². The van der Waals surface area contributed by atoms with Crippen LogP contribution in [0.4, 0.5) is 10.3 Å². The Kier molecular flexibility index (Phi) is 3.11. The third-order valence-electron chi connectivity index (χ3n) is 3.72. The van der Waals surface area contributed by atoms with Gasteiger partial charge < -0.3 is 15.2 Å². The van der Waals surface area contributed by atoms with Crippen LogP contribution in [0.1, 0.15) is 18.9 Å². The third kappa shape index (κ3) is 2.17. The van der Waals surface area contributed by atoms with Crippen LogP contribution in [-0.2, 0) is 0 Å². The van der Waals surface area contributed by atoms with Gasteiger partial charge >= 0.3 is 0 Å². The minimum atomic E-state index is -0.459. The number of aromatic nitrogens is 2. The van der Waals surface area contributed by atoms with Gasteiger partial charge in [0.25, 0.3) is 0 Å². The van der Waals surface area contributed by atoms with Crippen molar-refractivity contribution in [2.24, 2.45) is 0 Å². The molecule has 2 heterocycles. The summed E-state index contributed by atoms with van der Waals surface area (Å²) in [5.74, 6) is -0.0310. The molecule has 1 aliphatic rings. The van der Waals surface area contributed by atoms with E-state index in [4.69, 9.17) is 17.3 Å². The molecule has 0 amide bonds. The summed E-state index contributed by atoms with van der Waals surface area (Å²) in [6.07, 6.45) is 2.17. The summed E-state index contributed by atoms with van der Waals surface area (Å²) in [7, 11) is 2.09. The van der Waals surface area contributed by atoms with Crippen molar-refractivity contribution in [1.29, 1.82) is 0 Å². The Morgan fingerprint density at radius 1 is 1.47 bits per heavy atom. The second-order valence-corrected chi connectivity index (χ2v) is 5.56. The summed E-state index contributed by atoms with van der Waals surface area (Å²) in [4.78, 5) is 6.51. The molecular weight excluding hydrogens is 267 g/mol. The van der Waals surface area contributed by atoms with Crippen molar-refractivity contribution in [3.63, 3.8) is 0 Å². The second-order valence-electron chi connectivity index (χ2n) is 5.15. The molecule has 2 aromatic rings. The summed E-state index contributed by atoms with van der Waals surface area (Å²) in [5.41, 5.74) is 7.37. The standard InChI is InChI=1S/C13H16ClFN4/c1-18-4-2-3-8(7-18)19-12-5-9(14)10(15)6-11(12)17-13(19)16/h5-6,8H,2-4,7H2,1H3,(H2,16,17). The molecule has 1 saturated heterocycles. The second kappa shape index (κ2) is 4.65. The van der Waals surface area contributed by atoms with Crippen molar-refractivity contribution in [2.45, 2.75) is 18.9 Å². The molecule has 1 aromatic carbocycles. The highest BCUT2D eigenvalue weighted by atomic mass is 35.5. The number of nitrogens with zero attached hydrogens (tertiary/aromatic N) is 3. The Morgan fingerprint density at radius 3 is 3.00 bits per heavy atom. The smallest absolute Gasteiger partial charge is 0.201 e.